The highest BCUT2D eigenvalue weighted by atomic mass is 32.2. The third-order valence-electron chi connectivity index (χ3n) is 3.55. The predicted molar refractivity (Wildman–Crippen MR) is 104 cm³/mol. The second-order valence-corrected chi connectivity index (χ2v) is 7.56. The normalized spacial score (nSPS) is 12.0. The van der Waals surface area contributed by atoms with Crippen molar-refractivity contribution in [3.63, 3.8) is 0 Å². The van der Waals surface area contributed by atoms with Gasteiger partial charge in [0, 0.05) is 12.2 Å². The van der Waals surface area contributed by atoms with Crippen molar-refractivity contribution in [3.8, 4) is 0 Å². The zero-order valence-electron chi connectivity index (χ0n) is 13.6. The van der Waals surface area contributed by atoms with Crippen LogP contribution in [-0.2, 0) is 11.3 Å². The molecule has 0 aliphatic carbocycles. The second kappa shape index (κ2) is 7.67. The molecule has 128 valence electrons. The van der Waals surface area contributed by atoms with Gasteiger partial charge in [-0.2, -0.15) is 0 Å². The van der Waals surface area contributed by atoms with Crippen molar-refractivity contribution in [1.29, 1.82) is 0 Å². The lowest BCUT2D eigenvalue weighted by Gasteiger charge is -2.14. The van der Waals surface area contributed by atoms with Gasteiger partial charge in [0.2, 0.25) is 5.91 Å². The van der Waals surface area contributed by atoms with Crippen LogP contribution in [0.3, 0.4) is 0 Å². The largest absolute Gasteiger partial charge is 0.325 e. The molecule has 0 radical (unpaired) electrons. The molecule has 0 spiro atoms. The standard InChI is InChI=1S/C18H17N3O2S2/c1-3-10-21-17(23)14-9-11-24-16(14)20-18(21)25-12(2)15(22)19-13-7-5-4-6-8-13/h3-9,11-12H,1,10H2,2H3,(H,19,22)/t12-/m0/s1. The molecule has 1 N–H and O–H groups in total. The molecule has 1 aromatic carbocycles. The molecule has 2 aromatic heterocycles. The number of hydrogen-bond acceptors (Lipinski definition) is 5. The molecular formula is C18H17N3O2S2. The molecule has 0 saturated carbocycles. The van der Waals surface area contributed by atoms with Gasteiger partial charge in [-0.1, -0.05) is 36.0 Å². The molecule has 2 heterocycles. The van der Waals surface area contributed by atoms with E-state index in [4.69, 9.17) is 0 Å². The van der Waals surface area contributed by atoms with Gasteiger partial charge < -0.3 is 5.32 Å². The van der Waals surface area contributed by atoms with Crippen LogP contribution in [0, 0.1) is 0 Å². The highest BCUT2D eigenvalue weighted by molar-refractivity contribution is 8.00. The van der Waals surface area contributed by atoms with Gasteiger partial charge in [0.15, 0.2) is 5.16 Å². The van der Waals surface area contributed by atoms with E-state index < -0.39 is 5.25 Å². The first-order chi connectivity index (χ1) is 12.1. The fraction of sp³-hybridized carbons (Fsp3) is 0.167. The molecular weight excluding hydrogens is 354 g/mol. The van der Waals surface area contributed by atoms with Crippen LogP contribution in [0.2, 0.25) is 0 Å². The summed E-state index contributed by atoms with van der Waals surface area (Å²) in [4.78, 5) is 30.3. The molecule has 7 heteroatoms. The van der Waals surface area contributed by atoms with Gasteiger partial charge in [0.05, 0.1) is 10.6 Å². The van der Waals surface area contributed by atoms with Crippen LogP contribution >= 0.6 is 23.1 Å². The van der Waals surface area contributed by atoms with E-state index in [1.165, 1.54) is 23.1 Å². The maximum atomic E-state index is 12.6. The highest BCUT2D eigenvalue weighted by Gasteiger charge is 2.19. The molecule has 3 rings (SSSR count). The molecule has 0 bridgehead atoms. The summed E-state index contributed by atoms with van der Waals surface area (Å²) in [6, 6.07) is 11.1. The fourth-order valence-corrected chi connectivity index (χ4v) is 4.01. The number of para-hydroxylation sites is 1. The van der Waals surface area contributed by atoms with Crippen LogP contribution in [0.5, 0.6) is 0 Å². The van der Waals surface area contributed by atoms with Gasteiger partial charge in [0.25, 0.3) is 5.56 Å². The lowest BCUT2D eigenvalue weighted by molar-refractivity contribution is -0.115. The number of hydrogen-bond donors (Lipinski definition) is 1. The van der Waals surface area contributed by atoms with Crippen molar-refractivity contribution in [2.45, 2.75) is 23.9 Å². The zero-order valence-corrected chi connectivity index (χ0v) is 15.3. The maximum Gasteiger partial charge on any atom is 0.263 e. The highest BCUT2D eigenvalue weighted by Crippen LogP contribution is 2.25. The number of fused-ring (bicyclic) bond motifs is 1. The van der Waals surface area contributed by atoms with E-state index in [0.717, 1.165) is 5.69 Å². The number of thiophene rings is 1. The van der Waals surface area contributed by atoms with Crippen LogP contribution in [0.25, 0.3) is 10.2 Å². The summed E-state index contributed by atoms with van der Waals surface area (Å²) >= 11 is 2.68. The minimum Gasteiger partial charge on any atom is -0.325 e. The van der Waals surface area contributed by atoms with Gasteiger partial charge in [-0.25, -0.2) is 4.98 Å². The Morgan fingerprint density at radius 1 is 1.40 bits per heavy atom. The Kier molecular flexibility index (Phi) is 5.35. The lowest BCUT2D eigenvalue weighted by atomic mass is 10.3. The van der Waals surface area contributed by atoms with Gasteiger partial charge in [-0.3, -0.25) is 14.2 Å². The summed E-state index contributed by atoms with van der Waals surface area (Å²) in [5.74, 6) is -0.137. The number of benzene rings is 1. The summed E-state index contributed by atoms with van der Waals surface area (Å²) in [6.45, 7) is 5.85. The molecule has 0 saturated heterocycles. The number of carbonyl (C=O) groups excluding carboxylic acids is 1. The molecule has 0 unspecified atom stereocenters. The molecule has 5 nitrogen and oxygen atoms in total. The van der Waals surface area contributed by atoms with Gasteiger partial charge >= 0.3 is 0 Å². The number of anilines is 1. The molecule has 3 aromatic rings. The third kappa shape index (κ3) is 3.83. The first-order valence-corrected chi connectivity index (χ1v) is 9.47. The Bertz CT molecular complexity index is 963. The van der Waals surface area contributed by atoms with Crippen molar-refractivity contribution >= 4 is 44.9 Å². The van der Waals surface area contributed by atoms with E-state index in [-0.39, 0.29) is 11.5 Å². The van der Waals surface area contributed by atoms with Crippen LogP contribution in [-0.4, -0.2) is 20.7 Å². The van der Waals surface area contributed by atoms with Crippen molar-refractivity contribution in [3.05, 3.63) is 64.8 Å². The van der Waals surface area contributed by atoms with Crippen LogP contribution in [0.4, 0.5) is 5.69 Å². The third-order valence-corrected chi connectivity index (χ3v) is 5.45. The van der Waals surface area contributed by atoms with Crippen molar-refractivity contribution < 1.29 is 4.79 Å². The monoisotopic (exact) mass is 371 g/mol. The smallest absolute Gasteiger partial charge is 0.263 e. The van der Waals surface area contributed by atoms with E-state index in [0.29, 0.717) is 21.9 Å². The first kappa shape index (κ1) is 17.4. The van der Waals surface area contributed by atoms with E-state index in [1.54, 1.807) is 23.6 Å². The SMILES string of the molecule is C=CCn1c(S[C@@H](C)C(=O)Nc2ccccc2)nc2sccc2c1=O. The number of rotatable bonds is 6. The van der Waals surface area contributed by atoms with Crippen LogP contribution in [0.1, 0.15) is 6.92 Å². The molecule has 0 aliphatic rings. The van der Waals surface area contributed by atoms with Crippen molar-refractivity contribution in [2.24, 2.45) is 0 Å². The van der Waals surface area contributed by atoms with Crippen LogP contribution < -0.4 is 10.9 Å². The average Bonchev–Trinajstić information content (AvgIpc) is 3.08. The van der Waals surface area contributed by atoms with Crippen molar-refractivity contribution in [2.75, 3.05) is 5.32 Å². The molecule has 1 atom stereocenters. The quantitative estimate of drug-likeness (QED) is 0.407. The Hall–Kier alpha value is -2.38. The number of nitrogens with zero attached hydrogens (tertiary/aromatic N) is 2. The second-order valence-electron chi connectivity index (χ2n) is 5.35. The van der Waals surface area contributed by atoms with Crippen molar-refractivity contribution in [1.82, 2.24) is 9.55 Å². The molecule has 0 aliphatic heterocycles. The molecule has 25 heavy (non-hydrogen) atoms. The number of aromatic nitrogens is 2. The summed E-state index contributed by atoms with van der Waals surface area (Å²) < 4.78 is 1.55. The number of amides is 1. The fourth-order valence-electron chi connectivity index (χ4n) is 2.29. The summed E-state index contributed by atoms with van der Waals surface area (Å²) in [6.07, 6.45) is 1.65. The molecule has 1 amide bonds. The Labute approximate surface area is 153 Å². The number of carbonyl (C=O) groups is 1. The first-order valence-electron chi connectivity index (χ1n) is 7.71. The number of nitrogens with one attached hydrogen (secondary N) is 1. The minimum absolute atomic E-state index is 0.107. The van der Waals surface area contributed by atoms with Gasteiger partial charge in [-0.05, 0) is 30.5 Å². The zero-order chi connectivity index (χ0) is 17.8. The van der Waals surface area contributed by atoms with E-state index in [1.807, 2.05) is 35.7 Å². The Morgan fingerprint density at radius 3 is 2.88 bits per heavy atom. The lowest BCUT2D eigenvalue weighted by Crippen LogP contribution is -2.26. The Balaban J connectivity index is 1.86. The minimum atomic E-state index is -0.402. The number of allylic oxidation sites excluding steroid dienone is 1. The summed E-state index contributed by atoms with van der Waals surface area (Å²) in [5, 5.41) is 5.43. The summed E-state index contributed by atoms with van der Waals surface area (Å²) in [5.41, 5.74) is 0.634. The van der Waals surface area contributed by atoms with Gasteiger partial charge in [0.1, 0.15) is 4.83 Å². The maximum absolute atomic E-state index is 12.6. The van der Waals surface area contributed by atoms with E-state index >= 15 is 0 Å². The van der Waals surface area contributed by atoms with E-state index in [9.17, 15) is 9.59 Å². The van der Waals surface area contributed by atoms with Crippen LogP contribution in [0.15, 0.2) is 64.4 Å². The topological polar surface area (TPSA) is 64.0 Å². The van der Waals surface area contributed by atoms with E-state index in [2.05, 4.69) is 16.9 Å². The number of thioether (sulfide) groups is 1. The summed E-state index contributed by atoms with van der Waals surface area (Å²) in [7, 11) is 0. The Morgan fingerprint density at radius 2 is 2.16 bits per heavy atom. The molecule has 0 fully saturated rings. The predicted octanol–water partition coefficient (Wildman–Crippen LogP) is 3.76. The van der Waals surface area contributed by atoms with Gasteiger partial charge in [-0.15, -0.1) is 17.9 Å². The average molecular weight is 371 g/mol.